The van der Waals surface area contributed by atoms with E-state index in [1.165, 1.54) is 0 Å². The van der Waals surface area contributed by atoms with Crippen molar-refractivity contribution in [3.63, 3.8) is 0 Å². The SMILES string of the molecule is Cc1cc(CCC#CCN)ncn1. The van der Waals surface area contributed by atoms with Crippen LogP contribution in [0.4, 0.5) is 0 Å². The highest BCUT2D eigenvalue weighted by atomic mass is 14.8. The molecule has 1 aromatic rings. The van der Waals surface area contributed by atoms with Gasteiger partial charge in [0.2, 0.25) is 0 Å². The summed E-state index contributed by atoms with van der Waals surface area (Å²) in [6, 6.07) is 1.98. The first-order valence-corrected chi connectivity index (χ1v) is 4.26. The topological polar surface area (TPSA) is 51.8 Å². The molecule has 0 aliphatic heterocycles. The number of hydrogen-bond donors (Lipinski definition) is 1. The molecule has 0 aromatic carbocycles. The predicted molar refractivity (Wildman–Crippen MR) is 51.9 cm³/mol. The van der Waals surface area contributed by atoms with E-state index in [1.54, 1.807) is 6.33 Å². The third kappa shape index (κ3) is 3.68. The summed E-state index contributed by atoms with van der Waals surface area (Å²) in [6.07, 6.45) is 3.27. The summed E-state index contributed by atoms with van der Waals surface area (Å²) < 4.78 is 0. The number of nitrogens with two attached hydrogens (primary N) is 1. The summed E-state index contributed by atoms with van der Waals surface area (Å²) in [5, 5.41) is 0. The zero-order chi connectivity index (χ0) is 9.52. The monoisotopic (exact) mass is 175 g/mol. The second-order valence-electron chi connectivity index (χ2n) is 2.71. The lowest BCUT2D eigenvalue weighted by atomic mass is 10.2. The van der Waals surface area contributed by atoms with E-state index in [9.17, 15) is 0 Å². The van der Waals surface area contributed by atoms with Gasteiger partial charge in [-0.25, -0.2) is 9.97 Å². The van der Waals surface area contributed by atoms with Crippen LogP contribution in [0.1, 0.15) is 17.8 Å². The van der Waals surface area contributed by atoms with Crippen molar-refractivity contribution in [2.45, 2.75) is 19.8 Å². The smallest absolute Gasteiger partial charge is 0.115 e. The van der Waals surface area contributed by atoms with Crippen LogP contribution in [0.3, 0.4) is 0 Å². The largest absolute Gasteiger partial charge is 0.320 e. The molecule has 1 heterocycles. The Bertz CT molecular complexity index is 322. The molecule has 3 heteroatoms. The third-order valence-corrected chi connectivity index (χ3v) is 1.59. The van der Waals surface area contributed by atoms with Crippen molar-refractivity contribution >= 4 is 0 Å². The van der Waals surface area contributed by atoms with Crippen molar-refractivity contribution in [1.29, 1.82) is 0 Å². The van der Waals surface area contributed by atoms with Crippen LogP contribution in [0.15, 0.2) is 12.4 Å². The molecule has 0 fully saturated rings. The van der Waals surface area contributed by atoms with Crippen molar-refractivity contribution < 1.29 is 0 Å². The standard InChI is InChI=1S/C10H13N3/c1-9-7-10(13-8-12-9)5-3-2-4-6-11/h7-8H,3,5-6,11H2,1H3. The summed E-state index contributed by atoms with van der Waals surface area (Å²) in [5.41, 5.74) is 7.27. The lowest BCUT2D eigenvalue weighted by molar-refractivity contribution is 0.927. The quantitative estimate of drug-likeness (QED) is 0.672. The van der Waals surface area contributed by atoms with Crippen molar-refractivity contribution in [1.82, 2.24) is 9.97 Å². The Morgan fingerprint density at radius 2 is 2.23 bits per heavy atom. The number of aromatic nitrogens is 2. The van der Waals surface area contributed by atoms with Crippen molar-refractivity contribution in [3.05, 3.63) is 23.8 Å². The molecule has 1 rings (SSSR count). The van der Waals surface area contributed by atoms with E-state index < -0.39 is 0 Å². The van der Waals surface area contributed by atoms with E-state index in [1.807, 2.05) is 13.0 Å². The molecule has 0 unspecified atom stereocenters. The van der Waals surface area contributed by atoms with Gasteiger partial charge in [0.05, 0.1) is 6.54 Å². The van der Waals surface area contributed by atoms with Crippen LogP contribution >= 0.6 is 0 Å². The zero-order valence-corrected chi connectivity index (χ0v) is 7.75. The van der Waals surface area contributed by atoms with Gasteiger partial charge in [-0.15, -0.1) is 5.92 Å². The molecule has 0 spiro atoms. The molecule has 13 heavy (non-hydrogen) atoms. The predicted octanol–water partition coefficient (Wildman–Crippen LogP) is 0.680. The highest BCUT2D eigenvalue weighted by molar-refractivity contribution is 5.09. The van der Waals surface area contributed by atoms with Gasteiger partial charge in [0.15, 0.2) is 0 Å². The molecule has 0 bridgehead atoms. The molecule has 0 amide bonds. The van der Waals surface area contributed by atoms with E-state index in [-0.39, 0.29) is 0 Å². The van der Waals surface area contributed by atoms with Crippen LogP contribution < -0.4 is 5.73 Å². The van der Waals surface area contributed by atoms with Gasteiger partial charge in [-0.1, -0.05) is 5.92 Å². The maximum atomic E-state index is 5.23. The van der Waals surface area contributed by atoms with Gasteiger partial charge in [-0.3, -0.25) is 0 Å². The van der Waals surface area contributed by atoms with Crippen molar-refractivity contribution in [3.8, 4) is 11.8 Å². The fourth-order valence-corrected chi connectivity index (χ4v) is 0.998. The molecule has 68 valence electrons. The maximum absolute atomic E-state index is 5.23. The van der Waals surface area contributed by atoms with Crippen molar-refractivity contribution in [2.24, 2.45) is 5.73 Å². The van der Waals surface area contributed by atoms with Gasteiger partial charge in [0, 0.05) is 24.2 Å². The van der Waals surface area contributed by atoms with E-state index in [0.717, 1.165) is 24.2 Å². The number of rotatable bonds is 2. The second kappa shape index (κ2) is 5.28. The number of hydrogen-bond acceptors (Lipinski definition) is 3. The Hall–Kier alpha value is -1.40. The average Bonchev–Trinajstić information content (AvgIpc) is 2.13. The van der Waals surface area contributed by atoms with Gasteiger partial charge >= 0.3 is 0 Å². The van der Waals surface area contributed by atoms with Crippen molar-refractivity contribution in [2.75, 3.05) is 6.54 Å². The van der Waals surface area contributed by atoms with Gasteiger partial charge in [0.25, 0.3) is 0 Å². The van der Waals surface area contributed by atoms with Gasteiger partial charge < -0.3 is 5.73 Å². The van der Waals surface area contributed by atoms with E-state index in [2.05, 4.69) is 21.8 Å². The Kier molecular flexibility index (Phi) is 3.94. The molecule has 2 N–H and O–H groups in total. The van der Waals surface area contributed by atoms with Gasteiger partial charge in [-0.2, -0.15) is 0 Å². The van der Waals surface area contributed by atoms with Crippen LogP contribution in [0.25, 0.3) is 0 Å². The minimum absolute atomic E-state index is 0.433. The number of aryl methyl sites for hydroxylation is 2. The third-order valence-electron chi connectivity index (χ3n) is 1.59. The van der Waals surface area contributed by atoms with E-state index >= 15 is 0 Å². The lowest BCUT2D eigenvalue weighted by Gasteiger charge is -1.96. The molecule has 0 radical (unpaired) electrons. The summed E-state index contributed by atoms with van der Waals surface area (Å²) >= 11 is 0. The van der Waals surface area contributed by atoms with Crippen LogP contribution in [0.5, 0.6) is 0 Å². The number of nitrogens with zero attached hydrogens (tertiary/aromatic N) is 2. The molecular weight excluding hydrogens is 162 g/mol. The fraction of sp³-hybridized carbons (Fsp3) is 0.400. The highest BCUT2D eigenvalue weighted by Gasteiger charge is 1.93. The molecule has 0 aliphatic rings. The normalized spacial score (nSPS) is 9.08. The first kappa shape index (κ1) is 9.69. The Balaban J connectivity index is 2.45. The first-order chi connectivity index (χ1) is 6.33. The molecule has 1 aromatic heterocycles. The zero-order valence-electron chi connectivity index (χ0n) is 7.75. The van der Waals surface area contributed by atoms with E-state index in [0.29, 0.717) is 6.54 Å². The van der Waals surface area contributed by atoms with E-state index in [4.69, 9.17) is 5.73 Å². The highest BCUT2D eigenvalue weighted by Crippen LogP contribution is 1.99. The van der Waals surface area contributed by atoms with Crippen LogP contribution in [0, 0.1) is 18.8 Å². The average molecular weight is 175 g/mol. The Morgan fingerprint density at radius 3 is 2.92 bits per heavy atom. The van der Waals surface area contributed by atoms with Gasteiger partial charge in [0.1, 0.15) is 6.33 Å². The van der Waals surface area contributed by atoms with Crippen LogP contribution in [-0.2, 0) is 6.42 Å². The summed E-state index contributed by atoms with van der Waals surface area (Å²) in [4.78, 5) is 8.14. The molecule has 0 saturated heterocycles. The molecule has 0 saturated carbocycles. The Labute approximate surface area is 78.4 Å². The minimum Gasteiger partial charge on any atom is -0.320 e. The second-order valence-corrected chi connectivity index (χ2v) is 2.71. The van der Waals surface area contributed by atoms with Crippen LogP contribution in [-0.4, -0.2) is 16.5 Å². The molecule has 0 aliphatic carbocycles. The Morgan fingerprint density at radius 1 is 1.38 bits per heavy atom. The summed E-state index contributed by atoms with van der Waals surface area (Å²) in [6.45, 7) is 2.39. The molecule has 0 atom stereocenters. The molecular formula is C10H13N3. The first-order valence-electron chi connectivity index (χ1n) is 4.26. The van der Waals surface area contributed by atoms with Crippen LogP contribution in [0.2, 0.25) is 0 Å². The molecule has 3 nitrogen and oxygen atoms in total. The lowest BCUT2D eigenvalue weighted by Crippen LogP contribution is -1.94. The summed E-state index contributed by atoms with van der Waals surface area (Å²) in [7, 11) is 0. The maximum Gasteiger partial charge on any atom is 0.115 e. The summed E-state index contributed by atoms with van der Waals surface area (Å²) in [5.74, 6) is 5.79. The minimum atomic E-state index is 0.433. The van der Waals surface area contributed by atoms with Gasteiger partial charge in [-0.05, 0) is 13.0 Å². The fourth-order valence-electron chi connectivity index (χ4n) is 0.998.